The minimum absolute atomic E-state index is 0.0343. The minimum atomic E-state index is -1.22. The predicted molar refractivity (Wildman–Crippen MR) is 84.8 cm³/mol. The Kier molecular flexibility index (Phi) is 4.21. The molecule has 0 saturated carbocycles. The molecule has 2 heterocycles. The number of carboxylic acid groups (broad SMARTS) is 1. The van der Waals surface area contributed by atoms with Gasteiger partial charge in [0, 0.05) is 11.3 Å². The fraction of sp³-hybridized carbons (Fsp3) is 0.0588. The van der Waals surface area contributed by atoms with Crippen molar-refractivity contribution in [2.75, 3.05) is 0 Å². The average Bonchev–Trinajstić information content (AvgIpc) is 3.02. The van der Waals surface area contributed by atoms with Crippen LogP contribution in [0.1, 0.15) is 27.4 Å². The Labute approximate surface area is 137 Å². The molecule has 7 heteroatoms. The van der Waals surface area contributed by atoms with Gasteiger partial charge < -0.3 is 9.84 Å². The number of aromatic carboxylic acids is 1. The zero-order valence-electron chi connectivity index (χ0n) is 12.6. The van der Waals surface area contributed by atoms with Crippen LogP contribution in [-0.4, -0.2) is 31.5 Å². The molecule has 0 radical (unpaired) electrons. The number of nitrogens with zero attached hydrogens (tertiary/aromatic N) is 3. The number of H-pyrrole nitrogens is 1. The lowest BCUT2D eigenvalue weighted by Crippen LogP contribution is -1.99. The number of aromatic nitrogens is 4. The first-order valence-corrected chi connectivity index (χ1v) is 7.00. The molecule has 24 heavy (non-hydrogen) atoms. The molecule has 0 aliphatic heterocycles. The Morgan fingerprint density at radius 2 is 2.04 bits per heavy atom. The Bertz CT molecular complexity index is 953. The lowest BCUT2D eigenvalue weighted by molar-refractivity contribution is 0.0687. The van der Waals surface area contributed by atoms with Crippen LogP contribution in [0.5, 0.6) is 11.6 Å². The topological polar surface area (TPSA) is 101 Å². The number of rotatable bonds is 3. The summed E-state index contributed by atoms with van der Waals surface area (Å²) in [5, 5.41) is 18.3. The van der Waals surface area contributed by atoms with Gasteiger partial charge >= 0.3 is 5.97 Å². The first-order valence-electron chi connectivity index (χ1n) is 7.00. The van der Waals surface area contributed by atoms with Gasteiger partial charge in [-0.3, -0.25) is 0 Å². The number of carboxylic acids is 1. The Morgan fingerprint density at radius 3 is 2.83 bits per heavy atom. The summed E-state index contributed by atoms with van der Waals surface area (Å²) >= 11 is 0. The molecule has 0 spiro atoms. The molecule has 1 aromatic carbocycles. The maximum absolute atomic E-state index is 11.0. The molecular weight excluding hydrogens is 308 g/mol. The summed E-state index contributed by atoms with van der Waals surface area (Å²) in [7, 11) is 0. The first-order chi connectivity index (χ1) is 11.6. The van der Waals surface area contributed by atoms with E-state index >= 15 is 0 Å². The van der Waals surface area contributed by atoms with Crippen LogP contribution in [0.15, 0.2) is 42.5 Å². The van der Waals surface area contributed by atoms with Gasteiger partial charge in [0.15, 0.2) is 0 Å². The van der Waals surface area contributed by atoms with Crippen molar-refractivity contribution in [1.82, 2.24) is 20.4 Å². The molecule has 0 aliphatic rings. The van der Waals surface area contributed by atoms with Gasteiger partial charge in [0.25, 0.3) is 5.88 Å². The summed E-state index contributed by atoms with van der Waals surface area (Å²) < 4.78 is 5.48. The number of hydrogen-bond donors (Lipinski definition) is 2. The third-order valence-electron chi connectivity index (χ3n) is 3.00. The van der Waals surface area contributed by atoms with E-state index in [0.29, 0.717) is 17.0 Å². The molecule has 0 amide bonds. The second-order valence-electron chi connectivity index (χ2n) is 4.84. The molecular formula is C17H12N4O3. The third-order valence-corrected chi connectivity index (χ3v) is 3.00. The number of aromatic amines is 1. The van der Waals surface area contributed by atoms with E-state index in [2.05, 4.69) is 32.2 Å². The van der Waals surface area contributed by atoms with Gasteiger partial charge in [-0.15, -0.1) is 5.10 Å². The highest BCUT2D eigenvalue weighted by Gasteiger charge is 2.16. The molecule has 0 unspecified atom stereocenters. The maximum Gasteiger partial charge on any atom is 0.362 e. The van der Waals surface area contributed by atoms with Gasteiger partial charge in [0.1, 0.15) is 11.4 Å². The smallest absolute Gasteiger partial charge is 0.362 e. The van der Waals surface area contributed by atoms with Gasteiger partial charge in [-0.05, 0) is 43.2 Å². The van der Waals surface area contributed by atoms with Crippen molar-refractivity contribution in [3.05, 3.63) is 65.1 Å². The summed E-state index contributed by atoms with van der Waals surface area (Å²) in [5.41, 5.74) is 2.00. The number of pyridine rings is 1. The Morgan fingerprint density at radius 1 is 1.21 bits per heavy atom. The van der Waals surface area contributed by atoms with Crippen LogP contribution in [0, 0.1) is 18.8 Å². The van der Waals surface area contributed by atoms with Crippen LogP contribution in [0.4, 0.5) is 0 Å². The van der Waals surface area contributed by atoms with Crippen LogP contribution in [0.2, 0.25) is 0 Å². The summed E-state index contributed by atoms with van der Waals surface area (Å²) in [5.74, 6) is 5.14. The van der Waals surface area contributed by atoms with Gasteiger partial charge in [-0.25, -0.2) is 14.9 Å². The van der Waals surface area contributed by atoms with Crippen molar-refractivity contribution < 1.29 is 14.6 Å². The highest BCUT2D eigenvalue weighted by Crippen LogP contribution is 2.22. The van der Waals surface area contributed by atoms with Crippen molar-refractivity contribution in [2.45, 2.75) is 6.92 Å². The second-order valence-corrected chi connectivity index (χ2v) is 4.84. The number of benzene rings is 1. The van der Waals surface area contributed by atoms with Crippen molar-refractivity contribution >= 4 is 5.97 Å². The molecule has 118 valence electrons. The van der Waals surface area contributed by atoms with E-state index < -0.39 is 5.97 Å². The number of ether oxygens (including phenoxy) is 1. The normalized spacial score (nSPS) is 9.88. The monoisotopic (exact) mass is 320 g/mol. The minimum Gasteiger partial charge on any atom is -0.476 e. The van der Waals surface area contributed by atoms with Crippen molar-refractivity contribution in [2.24, 2.45) is 0 Å². The van der Waals surface area contributed by atoms with E-state index in [4.69, 9.17) is 9.84 Å². The second kappa shape index (κ2) is 6.62. The molecule has 2 N–H and O–H groups in total. The lowest BCUT2D eigenvalue weighted by Gasteiger charge is -2.03. The molecule has 0 saturated heterocycles. The lowest BCUT2D eigenvalue weighted by atomic mass is 10.2. The maximum atomic E-state index is 11.0. The predicted octanol–water partition coefficient (Wildman–Crippen LogP) is 2.40. The molecule has 0 bridgehead atoms. The summed E-state index contributed by atoms with van der Waals surface area (Å²) in [6.07, 6.45) is 0. The van der Waals surface area contributed by atoms with Crippen LogP contribution in [-0.2, 0) is 0 Å². The fourth-order valence-corrected chi connectivity index (χ4v) is 1.93. The van der Waals surface area contributed by atoms with E-state index in [1.165, 1.54) is 0 Å². The van der Waals surface area contributed by atoms with Gasteiger partial charge in [-0.2, -0.15) is 0 Å². The number of nitrogens with one attached hydrogen (secondary N) is 1. The zero-order chi connectivity index (χ0) is 16.9. The van der Waals surface area contributed by atoms with Crippen molar-refractivity contribution in [1.29, 1.82) is 0 Å². The molecule has 0 fully saturated rings. The van der Waals surface area contributed by atoms with E-state index in [-0.39, 0.29) is 11.6 Å². The molecule has 3 aromatic rings. The first kappa shape index (κ1) is 15.2. The summed E-state index contributed by atoms with van der Waals surface area (Å²) in [6, 6.07) is 12.6. The van der Waals surface area contributed by atoms with Crippen molar-refractivity contribution in [3.8, 4) is 23.5 Å². The highest BCUT2D eigenvalue weighted by molar-refractivity contribution is 5.87. The molecule has 3 rings (SSSR count). The molecule has 2 aromatic heterocycles. The van der Waals surface area contributed by atoms with Gasteiger partial charge in [0.2, 0.25) is 5.69 Å². The highest BCUT2D eigenvalue weighted by atomic mass is 16.5. The van der Waals surface area contributed by atoms with Gasteiger partial charge in [-0.1, -0.05) is 23.3 Å². The summed E-state index contributed by atoms with van der Waals surface area (Å²) in [6.45, 7) is 1.90. The number of hydrogen-bond acceptors (Lipinski definition) is 5. The summed E-state index contributed by atoms with van der Waals surface area (Å²) in [4.78, 5) is 15.3. The number of carbonyl (C=O) groups is 1. The van der Waals surface area contributed by atoms with E-state index in [9.17, 15) is 4.79 Å². The van der Waals surface area contributed by atoms with E-state index in [1.807, 2.05) is 31.2 Å². The zero-order valence-corrected chi connectivity index (χ0v) is 12.6. The van der Waals surface area contributed by atoms with E-state index in [1.54, 1.807) is 18.2 Å². The standard InChI is InChI=1S/C17H12N4O3/c1-11-4-2-6-13(18-11)9-8-12-5-3-7-14(10-12)24-16-15(17(22)23)19-21-20-16/h2-7,10H,1H3,(H,22,23)(H,19,20,21). The quantitative estimate of drug-likeness (QED) is 0.719. The average molecular weight is 320 g/mol. The van der Waals surface area contributed by atoms with Crippen LogP contribution >= 0.6 is 0 Å². The molecule has 0 atom stereocenters. The fourth-order valence-electron chi connectivity index (χ4n) is 1.93. The van der Waals surface area contributed by atoms with Crippen molar-refractivity contribution in [3.63, 3.8) is 0 Å². The van der Waals surface area contributed by atoms with Gasteiger partial charge in [0.05, 0.1) is 0 Å². The Hall–Kier alpha value is -3.66. The van der Waals surface area contributed by atoms with E-state index in [0.717, 1.165) is 5.69 Å². The van der Waals surface area contributed by atoms with Crippen LogP contribution in [0.3, 0.4) is 0 Å². The SMILES string of the molecule is Cc1cccc(C#Cc2cccc(Oc3[nH]nnc3C(=O)O)c2)n1. The molecule has 0 aliphatic carbocycles. The molecule has 7 nitrogen and oxygen atoms in total. The largest absolute Gasteiger partial charge is 0.476 e. The third kappa shape index (κ3) is 3.56. The Balaban J connectivity index is 1.82. The van der Waals surface area contributed by atoms with Crippen LogP contribution in [0.25, 0.3) is 0 Å². The van der Waals surface area contributed by atoms with Crippen LogP contribution < -0.4 is 4.74 Å². The number of aryl methyl sites for hydroxylation is 1.